The lowest BCUT2D eigenvalue weighted by Gasteiger charge is -2.48. The van der Waals surface area contributed by atoms with Crippen LogP contribution in [0.1, 0.15) is 386 Å². The van der Waals surface area contributed by atoms with Gasteiger partial charge in [0.1, 0.15) is 73.2 Å². The van der Waals surface area contributed by atoms with E-state index in [-0.39, 0.29) is 18.9 Å². The lowest BCUT2D eigenvalue weighted by atomic mass is 9.96. The molecule has 3 fully saturated rings. The number of rotatable bonds is 71. The largest absolute Gasteiger partial charge is 0.394 e. The summed E-state index contributed by atoms with van der Waals surface area (Å²) in [5, 5.41) is 121. The second-order valence-electron chi connectivity index (χ2n) is 31.4. The standard InChI is InChI=1S/C84H161NO18/c1-3-5-7-9-11-13-15-17-19-21-23-25-27-29-30-31-32-33-34-35-36-38-39-41-43-45-47-49-51-53-55-57-59-61-68(89)67(85-72(90)62-60-58-56-54-52-50-48-46-44-42-40-37-28-26-24-22-20-18-16-14-12-10-8-6-4-2)66-98-82-78(96)75(93)80(70(64-87)100-82)103-84-79(97)76(94)81(71(65-88)101-84)102-83-77(95)74(92)73(91)69(63-86)99-83/h22,24,67-71,73-84,86-89,91-97H,3-21,23,25-66H2,1-2H3,(H,85,90)/b24-22-. The van der Waals surface area contributed by atoms with Gasteiger partial charge in [-0.25, -0.2) is 0 Å². The number of ether oxygens (including phenoxy) is 6. The van der Waals surface area contributed by atoms with Crippen LogP contribution in [0, 0.1) is 0 Å². The van der Waals surface area contributed by atoms with Gasteiger partial charge >= 0.3 is 0 Å². The lowest BCUT2D eigenvalue weighted by molar-refractivity contribution is -0.379. The quantitative estimate of drug-likeness (QED) is 0.0199. The number of aliphatic hydroxyl groups is 11. The van der Waals surface area contributed by atoms with Gasteiger partial charge in [0.15, 0.2) is 18.9 Å². The number of nitrogens with one attached hydrogen (secondary N) is 1. The molecule has 0 aromatic rings. The Morgan fingerprint density at radius 3 is 0.942 bits per heavy atom. The molecule has 17 atom stereocenters. The first-order valence-electron chi connectivity index (χ1n) is 43.4. The number of carbonyl (C=O) groups is 1. The van der Waals surface area contributed by atoms with Crippen molar-refractivity contribution in [2.45, 2.75) is 491 Å². The Bertz CT molecular complexity index is 1910. The predicted octanol–water partition coefficient (Wildman–Crippen LogP) is 15.5. The molecule has 0 saturated carbocycles. The molecule has 3 heterocycles. The van der Waals surface area contributed by atoms with Crippen LogP contribution in [0.15, 0.2) is 12.2 Å². The van der Waals surface area contributed by atoms with Gasteiger partial charge in [-0.3, -0.25) is 4.79 Å². The Morgan fingerprint density at radius 1 is 0.340 bits per heavy atom. The number of aliphatic hydroxyl groups excluding tert-OH is 11. The lowest BCUT2D eigenvalue weighted by Crippen LogP contribution is -2.66. The monoisotopic (exact) mass is 1470 g/mol. The van der Waals surface area contributed by atoms with Crippen LogP contribution in [0.3, 0.4) is 0 Å². The summed E-state index contributed by atoms with van der Waals surface area (Å²) in [7, 11) is 0. The molecule has 19 heteroatoms. The average Bonchev–Trinajstić information content (AvgIpc) is 0.781. The highest BCUT2D eigenvalue weighted by Gasteiger charge is 2.54. The van der Waals surface area contributed by atoms with E-state index in [1.54, 1.807) is 0 Å². The number of allylic oxidation sites excluding steroid dienone is 2. The molecular weight excluding hydrogens is 1310 g/mol. The molecule has 610 valence electrons. The third kappa shape index (κ3) is 44.8. The molecule has 3 rings (SSSR count). The molecule has 0 radical (unpaired) electrons. The Balaban J connectivity index is 1.33. The molecule has 19 nitrogen and oxygen atoms in total. The van der Waals surface area contributed by atoms with Crippen molar-refractivity contribution in [3.63, 3.8) is 0 Å². The van der Waals surface area contributed by atoms with Gasteiger partial charge < -0.3 is 89.9 Å². The van der Waals surface area contributed by atoms with E-state index in [9.17, 15) is 61.0 Å². The zero-order chi connectivity index (χ0) is 74.6. The first kappa shape index (κ1) is 95.7. The molecule has 3 aliphatic heterocycles. The fourth-order valence-corrected chi connectivity index (χ4v) is 15.1. The van der Waals surface area contributed by atoms with E-state index < -0.39 is 124 Å². The maximum absolute atomic E-state index is 13.5. The van der Waals surface area contributed by atoms with E-state index in [0.717, 1.165) is 44.9 Å². The molecule has 0 bridgehead atoms. The molecule has 3 aliphatic rings. The number of hydrogen-bond donors (Lipinski definition) is 12. The second-order valence-corrected chi connectivity index (χ2v) is 31.4. The summed E-state index contributed by atoms with van der Waals surface area (Å²) < 4.78 is 34.6. The minimum absolute atomic E-state index is 0.235. The minimum atomic E-state index is -1.97. The van der Waals surface area contributed by atoms with Crippen LogP contribution >= 0.6 is 0 Å². The molecular formula is C84H161NO18. The van der Waals surface area contributed by atoms with Crippen molar-refractivity contribution >= 4 is 5.91 Å². The number of unbranched alkanes of at least 4 members (excludes halogenated alkanes) is 53. The van der Waals surface area contributed by atoms with Crippen LogP contribution in [0.25, 0.3) is 0 Å². The molecule has 103 heavy (non-hydrogen) atoms. The smallest absolute Gasteiger partial charge is 0.220 e. The molecule has 0 aromatic heterocycles. The zero-order valence-electron chi connectivity index (χ0n) is 65.6. The van der Waals surface area contributed by atoms with Crippen molar-refractivity contribution in [2.75, 3.05) is 26.4 Å². The average molecular weight is 1470 g/mol. The summed E-state index contributed by atoms with van der Waals surface area (Å²) in [6.07, 6.45) is 51.7. The van der Waals surface area contributed by atoms with E-state index >= 15 is 0 Å². The fraction of sp³-hybridized carbons (Fsp3) is 0.964. The number of amides is 1. The Labute approximate surface area is 626 Å². The Kier molecular flexibility index (Phi) is 60.7. The maximum Gasteiger partial charge on any atom is 0.220 e. The van der Waals surface area contributed by atoms with Crippen LogP contribution < -0.4 is 5.32 Å². The number of carbonyl (C=O) groups excluding carboxylic acids is 1. The van der Waals surface area contributed by atoms with Gasteiger partial charge in [-0.1, -0.05) is 353 Å². The third-order valence-electron chi connectivity index (χ3n) is 22.1. The minimum Gasteiger partial charge on any atom is -0.394 e. The molecule has 0 aromatic carbocycles. The van der Waals surface area contributed by atoms with E-state index in [1.165, 1.54) is 308 Å². The first-order valence-corrected chi connectivity index (χ1v) is 43.4. The third-order valence-corrected chi connectivity index (χ3v) is 22.1. The molecule has 17 unspecified atom stereocenters. The Hall–Kier alpha value is -1.47. The molecule has 12 N–H and O–H groups in total. The van der Waals surface area contributed by atoms with Crippen molar-refractivity contribution in [3.8, 4) is 0 Å². The van der Waals surface area contributed by atoms with Crippen molar-refractivity contribution in [2.24, 2.45) is 0 Å². The van der Waals surface area contributed by atoms with E-state index in [2.05, 4.69) is 31.3 Å². The predicted molar refractivity (Wildman–Crippen MR) is 411 cm³/mol. The molecule has 1 amide bonds. The topological polar surface area (TPSA) is 307 Å². The van der Waals surface area contributed by atoms with Crippen molar-refractivity contribution in [1.29, 1.82) is 0 Å². The van der Waals surface area contributed by atoms with Crippen LogP contribution in [-0.4, -0.2) is 193 Å². The van der Waals surface area contributed by atoms with Gasteiger partial charge in [0, 0.05) is 6.42 Å². The molecule has 3 saturated heterocycles. The van der Waals surface area contributed by atoms with Crippen LogP contribution in [0.5, 0.6) is 0 Å². The maximum atomic E-state index is 13.5. The van der Waals surface area contributed by atoms with Crippen LogP contribution in [-0.2, 0) is 33.2 Å². The summed E-state index contributed by atoms with van der Waals surface area (Å²) in [6, 6.07) is -0.887. The summed E-state index contributed by atoms with van der Waals surface area (Å²) >= 11 is 0. The fourth-order valence-electron chi connectivity index (χ4n) is 15.1. The van der Waals surface area contributed by atoms with E-state index in [1.807, 2.05) is 0 Å². The van der Waals surface area contributed by atoms with Crippen molar-refractivity contribution in [3.05, 3.63) is 12.2 Å². The van der Waals surface area contributed by atoms with Crippen LogP contribution in [0.4, 0.5) is 0 Å². The van der Waals surface area contributed by atoms with E-state index in [4.69, 9.17) is 28.4 Å². The van der Waals surface area contributed by atoms with Gasteiger partial charge in [-0.2, -0.15) is 0 Å². The van der Waals surface area contributed by atoms with Crippen molar-refractivity contribution < 1.29 is 89.4 Å². The normalized spacial score (nSPS) is 26.0. The summed E-state index contributed by atoms with van der Waals surface area (Å²) in [6.45, 7) is 1.87. The van der Waals surface area contributed by atoms with E-state index in [0.29, 0.717) is 12.8 Å². The zero-order valence-corrected chi connectivity index (χ0v) is 65.6. The van der Waals surface area contributed by atoms with Gasteiger partial charge in [0.25, 0.3) is 0 Å². The highest BCUT2D eigenvalue weighted by atomic mass is 16.8. The Morgan fingerprint density at radius 2 is 0.612 bits per heavy atom. The molecule has 0 aliphatic carbocycles. The van der Waals surface area contributed by atoms with Gasteiger partial charge in [-0.15, -0.1) is 0 Å². The van der Waals surface area contributed by atoms with Crippen molar-refractivity contribution in [1.82, 2.24) is 5.32 Å². The second kappa shape index (κ2) is 65.3. The summed E-state index contributed by atoms with van der Waals surface area (Å²) in [5.41, 5.74) is 0. The summed E-state index contributed by atoms with van der Waals surface area (Å²) in [5.74, 6) is -0.235. The highest BCUT2D eigenvalue weighted by molar-refractivity contribution is 5.76. The number of hydrogen-bond acceptors (Lipinski definition) is 18. The van der Waals surface area contributed by atoms with Crippen LogP contribution in [0.2, 0.25) is 0 Å². The van der Waals surface area contributed by atoms with Gasteiger partial charge in [0.2, 0.25) is 5.91 Å². The van der Waals surface area contributed by atoms with Gasteiger partial charge in [-0.05, 0) is 38.5 Å². The SMILES string of the molecule is CCCCCCCCCC/C=C\CCCCCCCCCCCCCCCC(=O)NC(COC1OC(CO)C(OC2OC(CO)C(OC3OC(CO)C(O)C(O)C3O)C(O)C2O)C(O)C1O)C(O)CCCCCCCCCCCCCCCCCCCCCCCCCCCCCCCCCCC. The first-order chi connectivity index (χ1) is 50.3. The summed E-state index contributed by atoms with van der Waals surface area (Å²) in [4.78, 5) is 13.5. The molecule has 0 spiro atoms. The van der Waals surface area contributed by atoms with Gasteiger partial charge in [0.05, 0.1) is 38.6 Å². The highest BCUT2D eigenvalue weighted by Crippen LogP contribution is 2.34.